The van der Waals surface area contributed by atoms with Crippen molar-refractivity contribution in [3.8, 4) is 11.4 Å². The number of nitrogens with zero attached hydrogens (tertiary/aromatic N) is 2. The number of thioether (sulfide) groups is 1. The van der Waals surface area contributed by atoms with Gasteiger partial charge in [-0.3, -0.25) is 14.2 Å². The Morgan fingerprint density at radius 1 is 1.06 bits per heavy atom. The van der Waals surface area contributed by atoms with Gasteiger partial charge >= 0.3 is 0 Å². The van der Waals surface area contributed by atoms with Crippen molar-refractivity contribution in [3.05, 3.63) is 66.5 Å². The van der Waals surface area contributed by atoms with E-state index in [2.05, 4.69) is 22.5 Å². The molecule has 0 atom stereocenters. The van der Waals surface area contributed by atoms with Gasteiger partial charge in [0.05, 0.1) is 12.4 Å². The first-order chi connectivity index (χ1) is 15.6. The molecule has 168 valence electrons. The van der Waals surface area contributed by atoms with E-state index in [4.69, 9.17) is 4.74 Å². The van der Waals surface area contributed by atoms with Gasteiger partial charge in [-0.15, -0.1) is 0 Å². The third kappa shape index (κ3) is 6.62. The SMILES string of the molecule is CCCCNC(=O)c1ccc(-n2ccnc2SCC(=O)Nc2ccc(OCC)cc2)cc1. The summed E-state index contributed by atoms with van der Waals surface area (Å²) in [5.74, 6) is 0.803. The van der Waals surface area contributed by atoms with Gasteiger partial charge in [-0.1, -0.05) is 25.1 Å². The van der Waals surface area contributed by atoms with Crippen LogP contribution in [0.1, 0.15) is 37.0 Å². The minimum atomic E-state index is -0.118. The molecule has 0 saturated heterocycles. The lowest BCUT2D eigenvalue weighted by atomic mass is 10.2. The molecule has 1 aromatic heterocycles. The first-order valence-corrected chi connectivity index (χ1v) is 11.7. The quantitative estimate of drug-likeness (QED) is 0.330. The predicted molar refractivity (Wildman–Crippen MR) is 128 cm³/mol. The van der Waals surface area contributed by atoms with Crippen molar-refractivity contribution in [1.82, 2.24) is 14.9 Å². The Labute approximate surface area is 192 Å². The summed E-state index contributed by atoms with van der Waals surface area (Å²) in [5, 5.41) is 6.49. The number of nitrogens with one attached hydrogen (secondary N) is 2. The van der Waals surface area contributed by atoms with Gasteiger partial charge in [-0.25, -0.2) is 4.98 Å². The number of hydrogen-bond acceptors (Lipinski definition) is 5. The van der Waals surface area contributed by atoms with Crippen LogP contribution in [0.25, 0.3) is 5.69 Å². The van der Waals surface area contributed by atoms with Crippen LogP contribution in [0.3, 0.4) is 0 Å². The van der Waals surface area contributed by atoms with Crippen LogP contribution in [0.15, 0.2) is 66.1 Å². The minimum absolute atomic E-state index is 0.0730. The van der Waals surface area contributed by atoms with Gasteiger partial charge in [0.15, 0.2) is 5.16 Å². The van der Waals surface area contributed by atoms with E-state index in [1.54, 1.807) is 18.3 Å². The smallest absolute Gasteiger partial charge is 0.251 e. The zero-order valence-electron chi connectivity index (χ0n) is 18.3. The fourth-order valence-corrected chi connectivity index (χ4v) is 3.75. The van der Waals surface area contributed by atoms with Crippen molar-refractivity contribution in [3.63, 3.8) is 0 Å². The Morgan fingerprint density at radius 2 is 1.81 bits per heavy atom. The van der Waals surface area contributed by atoms with E-state index in [1.165, 1.54) is 11.8 Å². The Morgan fingerprint density at radius 3 is 2.50 bits per heavy atom. The monoisotopic (exact) mass is 452 g/mol. The van der Waals surface area contributed by atoms with Gasteiger partial charge in [0.1, 0.15) is 5.75 Å². The van der Waals surface area contributed by atoms with Crippen LogP contribution in [0, 0.1) is 0 Å². The largest absolute Gasteiger partial charge is 0.494 e. The summed E-state index contributed by atoms with van der Waals surface area (Å²) in [4.78, 5) is 28.9. The van der Waals surface area contributed by atoms with Crippen LogP contribution in [-0.2, 0) is 4.79 Å². The first-order valence-electron chi connectivity index (χ1n) is 10.7. The second-order valence-electron chi connectivity index (χ2n) is 7.03. The Bertz CT molecular complexity index is 1020. The number of amides is 2. The molecule has 0 saturated carbocycles. The highest BCUT2D eigenvalue weighted by atomic mass is 32.2. The van der Waals surface area contributed by atoms with Crippen molar-refractivity contribution in [2.75, 3.05) is 24.2 Å². The highest BCUT2D eigenvalue weighted by Crippen LogP contribution is 2.22. The number of aromatic nitrogens is 2. The highest BCUT2D eigenvalue weighted by molar-refractivity contribution is 7.99. The zero-order valence-corrected chi connectivity index (χ0v) is 19.2. The average Bonchev–Trinajstić information content (AvgIpc) is 3.28. The number of hydrogen-bond donors (Lipinski definition) is 2. The summed E-state index contributed by atoms with van der Waals surface area (Å²) in [5.41, 5.74) is 2.21. The van der Waals surface area contributed by atoms with Crippen LogP contribution in [0.5, 0.6) is 5.75 Å². The van der Waals surface area contributed by atoms with E-state index < -0.39 is 0 Å². The number of carbonyl (C=O) groups excluding carboxylic acids is 2. The van der Waals surface area contributed by atoms with E-state index in [0.29, 0.717) is 23.9 Å². The van der Waals surface area contributed by atoms with E-state index in [9.17, 15) is 9.59 Å². The van der Waals surface area contributed by atoms with E-state index in [-0.39, 0.29) is 17.6 Å². The topological polar surface area (TPSA) is 85.2 Å². The summed E-state index contributed by atoms with van der Waals surface area (Å²) in [6.07, 6.45) is 5.53. The van der Waals surface area contributed by atoms with Crippen molar-refractivity contribution in [1.29, 1.82) is 0 Å². The van der Waals surface area contributed by atoms with Crippen molar-refractivity contribution < 1.29 is 14.3 Å². The molecular formula is C24H28N4O3S. The standard InChI is InChI=1S/C24H28N4O3S/c1-3-5-14-25-23(30)18-6-10-20(11-7-18)28-16-15-26-24(28)32-17-22(29)27-19-8-12-21(13-9-19)31-4-2/h6-13,15-16H,3-5,14,17H2,1-2H3,(H,25,30)(H,27,29). The van der Waals surface area contributed by atoms with Gasteiger partial charge in [0.2, 0.25) is 5.91 Å². The summed E-state index contributed by atoms with van der Waals surface area (Å²) in [7, 11) is 0. The van der Waals surface area contributed by atoms with Crippen LogP contribution in [0.4, 0.5) is 5.69 Å². The molecule has 0 spiro atoms. The lowest BCUT2D eigenvalue weighted by molar-refractivity contribution is -0.113. The molecule has 0 bridgehead atoms. The lowest BCUT2D eigenvalue weighted by Gasteiger charge is -2.10. The van der Waals surface area contributed by atoms with Crippen LogP contribution in [-0.4, -0.2) is 40.3 Å². The van der Waals surface area contributed by atoms with Crippen molar-refractivity contribution in [2.24, 2.45) is 0 Å². The molecule has 0 aliphatic heterocycles. The molecule has 0 aliphatic carbocycles. The van der Waals surface area contributed by atoms with Gasteiger partial charge in [0.25, 0.3) is 5.91 Å². The molecule has 7 nitrogen and oxygen atoms in total. The number of benzene rings is 2. The average molecular weight is 453 g/mol. The molecular weight excluding hydrogens is 424 g/mol. The first kappa shape index (κ1) is 23.4. The number of rotatable bonds is 11. The second kappa shape index (κ2) is 12.0. The van der Waals surface area contributed by atoms with Crippen molar-refractivity contribution in [2.45, 2.75) is 31.8 Å². The third-order valence-corrected chi connectivity index (χ3v) is 5.58. The maximum absolute atomic E-state index is 12.3. The minimum Gasteiger partial charge on any atom is -0.494 e. The summed E-state index contributed by atoms with van der Waals surface area (Å²) < 4.78 is 7.31. The molecule has 0 radical (unpaired) electrons. The number of imidazole rings is 1. The fourth-order valence-electron chi connectivity index (χ4n) is 2.98. The van der Waals surface area contributed by atoms with Gasteiger partial charge in [-0.05, 0) is 61.9 Å². The molecule has 2 aromatic carbocycles. The van der Waals surface area contributed by atoms with Crippen LogP contribution >= 0.6 is 11.8 Å². The number of ether oxygens (including phenoxy) is 1. The molecule has 2 N–H and O–H groups in total. The lowest BCUT2D eigenvalue weighted by Crippen LogP contribution is -2.24. The summed E-state index contributed by atoms with van der Waals surface area (Å²) >= 11 is 1.35. The predicted octanol–water partition coefficient (Wildman–Crippen LogP) is 4.53. The number of anilines is 1. The highest BCUT2D eigenvalue weighted by Gasteiger charge is 2.11. The molecule has 32 heavy (non-hydrogen) atoms. The zero-order chi connectivity index (χ0) is 22.8. The third-order valence-electron chi connectivity index (χ3n) is 4.61. The number of carbonyl (C=O) groups is 2. The Balaban J connectivity index is 1.56. The van der Waals surface area contributed by atoms with Crippen molar-refractivity contribution >= 4 is 29.3 Å². The summed E-state index contributed by atoms with van der Waals surface area (Å²) in [6.45, 7) is 5.30. The van der Waals surface area contributed by atoms with Gasteiger partial charge in [-0.2, -0.15) is 0 Å². The Kier molecular flexibility index (Phi) is 8.74. The molecule has 0 unspecified atom stereocenters. The van der Waals surface area contributed by atoms with E-state index in [0.717, 1.165) is 30.0 Å². The molecule has 2 amide bonds. The fraction of sp³-hybridized carbons (Fsp3) is 0.292. The van der Waals surface area contributed by atoms with Gasteiger partial charge < -0.3 is 15.4 Å². The second-order valence-corrected chi connectivity index (χ2v) is 7.97. The van der Waals surface area contributed by atoms with E-state index in [1.807, 2.05) is 54.1 Å². The normalized spacial score (nSPS) is 10.6. The molecule has 1 heterocycles. The molecule has 0 fully saturated rings. The maximum Gasteiger partial charge on any atom is 0.251 e. The molecule has 3 aromatic rings. The number of unbranched alkanes of at least 4 members (excludes halogenated alkanes) is 1. The molecule has 3 rings (SSSR count). The van der Waals surface area contributed by atoms with Gasteiger partial charge in [0, 0.05) is 35.9 Å². The van der Waals surface area contributed by atoms with Crippen LogP contribution < -0.4 is 15.4 Å². The Hall–Kier alpha value is -3.26. The maximum atomic E-state index is 12.3. The van der Waals surface area contributed by atoms with Crippen LogP contribution in [0.2, 0.25) is 0 Å². The summed E-state index contributed by atoms with van der Waals surface area (Å²) in [6, 6.07) is 14.6. The molecule has 8 heteroatoms. The van der Waals surface area contributed by atoms with E-state index >= 15 is 0 Å². The molecule has 0 aliphatic rings.